The summed E-state index contributed by atoms with van der Waals surface area (Å²) in [6.45, 7) is 9.98. The van der Waals surface area contributed by atoms with Crippen molar-refractivity contribution in [2.45, 2.75) is 32.2 Å². The standard InChI is InChI=1S/C21H31N5O2S/c1-4-23-21(25-16-18-9-11-20(12-10-18)29(22,27)28)24-13-14-26(5-2)19-8-6-7-17(3)15-19/h6-12,15H,4-5,13-14,16H2,1-3H3,(H2,22,27,28)(H2,23,24,25). The Morgan fingerprint density at radius 1 is 1.10 bits per heavy atom. The van der Waals surface area contributed by atoms with Crippen LogP contribution in [0.4, 0.5) is 5.69 Å². The molecule has 0 aromatic heterocycles. The molecule has 0 bridgehead atoms. The highest BCUT2D eigenvalue weighted by Crippen LogP contribution is 2.15. The Bertz CT molecular complexity index is 911. The lowest BCUT2D eigenvalue weighted by Gasteiger charge is -2.24. The quantitative estimate of drug-likeness (QED) is 0.429. The summed E-state index contributed by atoms with van der Waals surface area (Å²) in [5.41, 5.74) is 3.37. The van der Waals surface area contributed by atoms with Crippen LogP contribution in [0, 0.1) is 6.92 Å². The van der Waals surface area contributed by atoms with Crippen molar-refractivity contribution in [1.29, 1.82) is 0 Å². The van der Waals surface area contributed by atoms with Gasteiger partial charge in [0.2, 0.25) is 10.0 Å². The molecule has 0 heterocycles. The maximum atomic E-state index is 11.3. The minimum absolute atomic E-state index is 0.103. The number of benzene rings is 2. The van der Waals surface area contributed by atoms with Crippen molar-refractivity contribution in [2.75, 3.05) is 31.1 Å². The number of guanidine groups is 1. The van der Waals surface area contributed by atoms with Gasteiger partial charge < -0.3 is 15.5 Å². The Labute approximate surface area is 174 Å². The minimum atomic E-state index is -3.67. The van der Waals surface area contributed by atoms with Crippen LogP contribution in [0.15, 0.2) is 58.4 Å². The van der Waals surface area contributed by atoms with E-state index < -0.39 is 10.0 Å². The van der Waals surface area contributed by atoms with Gasteiger partial charge in [-0.1, -0.05) is 24.3 Å². The Kier molecular flexibility index (Phi) is 8.48. The molecule has 158 valence electrons. The van der Waals surface area contributed by atoms with E-state index in [-0.39, 0.29) is 4.90 Å². The third kappa shape index (κ3) is 7.40. The van der Waals surface area contributed by atoms with Crippen LogP contribution in [0.3, 0.4) is 0 Å². The molecule has 0 fully saturated rings. The molecule has 0 aliphatic rings. The van der Waals surface area contributed by atoms with Crippen LogP contribution in [0.5, 0.6) is 0 Å². The van der Waals surface area contributed by atoms with Crippen molar-refractivity contribution in [1.82, 2.24) is 10.6 Å². The van der Waals surface area contributed by atoms with Crippen LogP contribution >= 0.6 is 0 Å². The molecule has 8 heteroatoms. The van der Waals surface area contributed by atoms with Crippen molar-refractivity contribution < 1.29 is 8.42 Å². The van der Waals surface area contributed by atoms with E-state index in [2.05, 4.69) is 58.6 Å². The van der Waals surface area contributed by atoms with E-state index in [0.717, 1.165) is 37.7 Å². The summed E-state index contributed by atoms with van der Waals surface area (Å²) in [7, 11) is -3.67. The van der Waals surface area contributed by atoms with Gasteiger partial charge in [0.25, 0.3) is 0 Å². The molecule has 2 aromatic carbocycles. The zero-order chi connectivity index (χ0) is 21.3. The first kappa shape index (κ1) is 22.7. The number of likely N-dealkylation sites (N-methyl/N-ethyl adjacent to an activating group) is 1. The smallest absolute Gasteiger partial charge is 0.238 e. The van der Waals surface area contributed by atoms with Crippen LogP contribution in [-0.2, 0) is 16.6 Å². The van der Waals surface area contributed by atoms with E-state index in [1.165, 1.54) is 23.4 Å². The van der Waals surface area contributed by atoms with E-state index in [9.17, 15) is 8.42 Å². The molecule has 0 spiro atoms. The van der Waals surface area contributed by atoms with Crippen LogP contribution in [-0.4, -0.2) is 40.6 Å². The molecule has 0 saturated carbocycles. The van der Waals surface area contributed by atoms with E-state index in [4.69, 9.17) is 5.14 Å². The number of aryl methyl sites for hydroxylation is 1. The first-order valence-corrected chi connectivity index (χ1v) is 11.3. The SMILES string of the molecule is CCNC(=NCc1ccc(S(N)(=O)=O)cc1)NCCN(CC)c1cccc(C)c1. The zero-order valence-corrected chi connectivity index (χ0v) is 18.2. The van der Waals surface area contributed by atoms with Gasteiger partial charge in [-0.25, -0.2) is 18.5 Å². The molecule has 0 radical (unpaired) electrons. The molecule has 2 aromatic rings. The van der Waals surface area contributed by atoms with Crippen LogP contribution in [0.1, 0.15) is 25.0 Å². The number of anilines is 1. The maximum Gasteiger partial charge on any atom is 0.238 e. The maximum absolute atomic E-state index is 11.3. The van der Waals surface area contributed by atoms with Gasteiger partial charge in [0.1, 0.15) is 0 Å². The van der Waals surface area contributed by atoms with E-state index in [1.807, 2.05) is 6.92 Å². The summed E-state index contributed by atoms with van der Waals surface area (Å²) in [4.78, 5) is 7.00. The number of sulfonamides is 1. The molecule has 0 aliphatic heterocycles. The average molecular weight is 418 g/mol. The fourth-order valence-electron chi connectivity index (χ4n) is 2.90. The second-order valence-corrected chi connectivity index (χ2v) is 8.29. The lowest BCUT2D eigenvalue weighted by Crippen LogP contribution is -2.41. The molecule has 4 N–H and O–H groups in total. The number of primary sulfonamides is 1. The number of hydrogen-bond acceptors (Lipinski definition) is 4. The van der Waals surface area contributed by atoms with Crippen molar-refractivity contribution in [3.05, 3.63) is 59.7 Å². The number of nitrogens with two attached hydrogens (primary N) is 1. The Morgan fingerprint density at radius 3 is 2.41 bits per heavy atom. The van der Waals surface area contributed by atoms with Crippen molar-refractivity contribution in [2.24, 2.45) is 10.1 Å². The van der Waals surface area contributed by atoms with Crippen LogP contribution in [0.25, 0.3) is 0 Å². The summed E-state index contributed by atoms with van der Waals surface area (Å²) in [6.07, 6.45) is 0. The fourth-order valence-corrected chi connectivity index (χ4v) is 3.42. The number of aliphatic imine (C=N–C) groups is 1. The first-order chi connectivity index (χ1) is 13.8. The minimum Gasteiger partial charge on any atom is -0.370 e. The number of nitrogens with zero attached hydrogens (tertiary/aromatic N) is 2. The molecule has 0 amide bonds. The van der Waals surface area contributed by atoms with E-state index >= 15 is 0 Å². The molecule has 0 unspecified atom stereocenters. The molecular formula is C21H31N5O2S. The second-order valence-electron chi connectivity index (χ2n) is 6.73. The van der Waals surface area contributed by atoms with Gasteiger partial charge in [0.05, 0.1) is 11.4 Å². The Balaban J connectivity index is 1.94. The van der Waals surface area contributed by atoms with Crippen molar-refractivity contribution in [3.63, 3.8) is 0 Å². The third-order valence-corrected chi connectivity index (χ3v) is 5.37. The van der Waals surface area contributed by atoms with Gasteiger partial charge in [0, 0.05) is 31.9 Å². The molecular weight excluding hydrogens is 386 g/mol. The number of rotatable bonds is 9. The van der Waals surface area contributed by atoms with E-state index in [0.29, 0.717) is 6.54 Å². The Morgan fingerprint density at radius 2 is 1.83 bits per heavy atom. The molecule has 0 atom stereocenters. The molecule has 7 nitrogen and oxygen atoms in total. The molecule has 2 rings (SSSR count). The molecule has 0 aliphatic carbocycles. The predicted octanol–water partition coefficient (Wildman–Crippen LogP) is 2.22. The average Bonchev–Trinajstić information content (AvgIpc) is 2.69. The summed E-state index contributed by atoms with van der Waals surface area (Å²) in [6, 6.07) is 14.9. The normalized spacial score (nSPS) is 11.9. The highest BCUT2D eigenvalue weighted by molar-refractivity contribution is 7.89. The summed E-state index contributed by atoms with van der Waals surface area (Å²) < 4.78 is 22.7. The van der Waals surface area contributed by atoms with Gasteiger partial charge in [-0.3, -0.25) is 0 Å². The van der Waals surface area contributed by atoms with Gasteiger partial charge in [0.15, 0.2) is 5.96 Å². The Hall–Kier alpha value is -2.58. The fraction of sp³-hybridized carbons (Fsp3) is 0.381. The summed E-state index contributed by atoms with van der Waals surface area (Å²) >= 11 is 0. The zero-order valence-electron chi connectivity index (χ0n) is 17.4. The third-order valence-electron chi connectivity index (χ3n) is 4.44. The lowest BCUT2D eigenvalue weighted by molar-refractivity contribution is 0.598. The monoisotopic (exact) mass is 417 g/mol. The van der Waals surface area contributed by atoms with Gasteiger partial charge in [-0.15, -0.1) is 0 Å². The lowest BCUT2D eigenvalue weighted by atomic mass is 10.2. The summed E-state index contributed by atoms with van der Waals surface area (Å²) in [5, 5.41) is 11.7. The number of hydrogen-bond donors (Lipinski definition) is 3. The largest absolute Gasteiger partial charge is 0.370 e. The topological polar surface area (TPSA) is 99.8 Å². The van der Waals surface area contributed by atoms with Crippen LogP contribution < -0.4 is 20.7 Å². The van der Waals surface area contributed by atoms with Gasteiger partial charge in [-0.2, -0.15) is 0 Å². The molecule has 0 saturated heterocycles. The highest BCUT2D eigenvalue weighted by atomic mass is 32.2. The molecule has 29 heavy (non-hydrogen) atoms. The van der Waals surface area contributed by atoms with Crippen LogP contribution in [0.2, 0.25) is 0 Å². The van der Waals surface area contributed by atoms with Gasteiger partial charge >= 0.3 is 0 Å². The summed E-state index contributed by atoms with van der Waals surface area (Å²) in [5.74, 6) is 0.725. The van der Waals surface area contributed by atoms with Crippen molar-refractivity contribution >= 4 is 21.7 Å². The highest BCUT2D eigenvalue weighted by Gasteiger charge is 2.07. The van der Waals surface area contributed by atoms with E-state index in [1.54, 1.807) is 12.1 Å². The number of nitrogens with one attached hydrogen (secondary N) is 2. The predicted molar refractivity (Wildman–Crippen MR) is 120 cm³/mol. The first-order valence-electron chi connectivity index (χ1n) is 9.79. The second kappa shape index (κ2) is 10.8. The van der Waals surface area contributed by atoms with Crippen molar-refractivity contribution in [3.8, 4) is 0 Å². The van der Waals surface area contributed by atoms with Gasteiger partial charge in [-0.05, 0) is 56.2 Å².